The van der Waals surface area contributed by atoms with Gasteiger partial charge in [0.05, 0.1) is 0 Å². The highest BCUT2D eigenvalue weighted by molar-refractivity contribution is 4.92. The van der Waals surface area contributed by atoms with Crippen molar-refractivity contribution in [1.29, 1.82) is 0 Å². The minimum absolute atomic E-state index is 0.656. The molecule has 8 heavy (non-hydrogen) atoms. The first-order chi connectivity index (χ1) is 3.41. The molecule has 0 heterocycles. The lowest BCUT2D eigenvalue weighted by molar-refractivity contribution is 0.0201. The first-order valence-electron chi connectivity index (χ1n) is 3.41. The number of hydrogen-bond acceptors (Lipinski definition) is 0. The van der Waals surface area contributed by atoms with Gasteiger partial charge in [0.2, 0.25) is 0 Å². The van der Waals surface area contributed by atoms with Crippen LogP contribution in [0.25, 0.3) is 0 Å². The second-order valence-electron chi connectivity index (χ2n) is 4.68. The Morgan fingerprint density at radius 1 is 0.750 bits per heavy atom. The Kier molecular flexibility index (Phi) is 0.984. The molecule has 1 aliphatic carbocycles. The van der Waals surface area contributed by atoms with Crippen molar-refractivity contribution in [2.75, 3.05) is 0 Å². The van der Waals surface area contributed by atoms with Crippen molar-refractivity contribution in [3.05, 3.63) is 0 Å². The lowest BCUT2D eigenvalue weighted by Crippen LogP contribution is -2.38. The van der Waals surface area contributed by atoms with Gasteiger partial charge >= 0.3 is 0 Å². The van der Waals surface area contributed by atoms with Crippen molar-refractivity contribution in [2.24, 2.45) is 10.8 Å². The highest BCUT2D eigenvalue weighted by Crippen LogP contribution is 2.53. The zero-order chi connectivity index (χ0) is 6.41. The van der Waals surface area contributed by atoms with Crippen LogP contribution in [0.15, 0.2) is 0 Å². The Bertz CT molecular complexity index is 76.6. The molecule has 0 heteroatoms. The van der Waals surface area contributed by atoms with Gasteiger partial charge in [-0.3, -0.25) is 0 Å². The van der Waals surface area contributed by atoms with Gasteiger partial charge in [-0.05, 0) is 23.7 Å². The van der Waals surface area contributed by atoms with E-state index >= 15 is 0 Å². The first kappa shape index (κ1) is 6.12. The highest BCUT2D eigenvalue weighted by atomic mass is 14.5. The lowest BCUT2D eigenvalue weighted by Gasteiger charge is -2.49. The normalized spacial score (nSPS) is 31.5. The summed E-state index contributed by atoms with van der Waals surface area (Å²) in [7, 11) is 0. The SMILES string of the molecule is CC1(C)CC(C)(C)C1. The van der Waals surface area contributed by atoms with Crippen molar-refractivity contribution < 1.29 is 0 Å². The molecule has 0 aliphatic heterocycles. The molecule has 0 bridgehead atoms. The molecule has 1 fully saturated rings. The smallest absolute Gasteiger partial charge is 0.0344 e. The van der Waals surface area contributed by atoms with Crippen molar-refractivity contribution in [1.82, 2.24) is 0 Å². The Morgan fingerprint density at radius 3 is 1.00 bits per heavy atom. The minimum Gasteiger partial charge on any atom is -0.0599 e. The van der Waals surface area contributed by atoms with Crippen LogP contribution >= 0.6 is 0 Å². The monoisotopic (exact) mass is 112 g/mol. The van der Waals surface area contributed by atoms with Crippen molar-refractivity contribution in [3.63, 3.8) is 0 Å². The molecule has 0 saturated heterocycles. The standard InChI is InChI=1S/C8H16/c1-7(2)5-8(3,4)6-7/h5-6H2,1-4H3. The first-order valence-corrected chi connectivity index (χ1v) is 3.41. The molecular weight excluding hydrogens is 96.1 g/mol. The fraction of sp³-hybridized carbons (Fsp3) is 1.00. The van der Waals surface area contributed by atoms with Crippen molar-refractivity contribution in [2.45, 2.75) is 40.5 Å². The van der Waals surface area contributed by atoms with E-state index in [9.17, 15) is 0 Å². The molecule has 48 valence electrons. The van der Waals surface area contributed by atoms with Gasteiger partial charge < -0.3 is 0 Å². The highest BCUT2D eigenvalue weighted by Gasteiger charge is 2.41. The third-order valence-electron chi connectivity index (χ3n) is 1.91. The summed E-state index contributed by atoms with van der Waals surface area (Å²) in [6, 6.07) is 0. The molecule has 0 aromatic carbocycles. The van der Waals surface area contributed by atoms with Gasteiger partial charge in [0, 0.05) is 0 Å². The van der Waals surface area contributed by atoms with E-state index in [1.54, 1.807) is 0 Å². The maximum Gasteiger partial charge on any atom is -0.0344 e. The molecule has 0 aromatic rings. The van der Waals surface area contributed by atoms with E-state index in [4.69, 9.17) is 0 Å². The zero-order valence-electron chi connectivity index (χ0n) is 6.41. The summed E-state index contributed by atoms with van der Waals surface area (Å²) < 4.78 is 0. The summed E-state index contributed by atoms with van der Waals surface area (Å²) >= 11 is 0. The average molecular weight is 112 g/mol. The fourth-order valence-corrected chi connectivity index (χ4v) is 2.54. The molecule has 0 aromatic heterocycles. The topological polar surface area (TPSA) is 0 Å². The zero-order valence-corrected chi connectivity index (χ0v) is 6.41. The molecule has 0 atom stereocenters. The van der Waals surface area contributed by atoms with E-state index in [1.165, 1.54) is 12.8 Å². The Morgan fingerprint density at radius 2 is 1.00 bits per heavy atom. The second kappa shape index (κ2) is 1.29. The Hall–Kier alpha value is 0. The lowest BCUT2D eigenvalue weighted by atomic mass is 9.56. The number of hydrogen-bond donors (Lipinski definition) is 0. The maximum absolute atomic E-state index is 2.35. The molecule has 0 amide bonds. The third-order valence-corrected chi connectivity index (χ3v) is 1.91. The van der Waals surface area contributed by atoms with Gasteiger partial charge in [-0.15, -0.1) is 0 Å². The summed E-state index contributed by atoms with van der Waals surface area (Å²) in [6.45, 7) is 9.38. The molecule has 0 radical (unpaired) electrons. The van der Waals surface area contributed by atoms with Crippen LogP contribution in [-0.4, -0.2) is 0 Å². The van der Waals surface area contributed by atoms with E-state index in [0.717, 1.165) is 0 Å². The summed E-state index contributed by atoms with van der Waals surface area (Å²) in [5, 5.41) is 0. The quantitative estimate of drug-likeness (QED) is 0.452. The van der Waals surface area contributed by atoms with Gasteiger partial charge in [-0.25, -0.2) is 0 Å². The van der Waals surface area contributed by atoms with E-state index in [-0.39, 0.29) is 0 Å². The van der Waals surface area contributed by atoms with E-state index in [0.29, 0.717) is 10.8 Å². The van der Waals surface area contributed by atoms with Gasteiger partial charge in [-0.1, -0.05) is 27.7 Å². The van der Waals surface area contributed by atoms with Crippen LogP contribution in [0, 0.1) is 10.8 Å². The Labute approximate surface area is 52.3 Å². The van der Waals surface area contributed by atoms with Crippen LogP contribution < -0.4 is 0 Å². The largest absolute Gasteiger partial charge is 0.0599 e. The van der Waals surface area contributed by atoms with Crippen molar-refractivity contribution in [3.8, 4) is 0 Å². The molecule has 0 N–H and O–H groups in total. The van der Waals surface area contributed by atoms with E-state index in [1.807, 2.05) is 0 Å². The second-order valence-corrected chi connectivity index (χ2v) is 4.68. The van der Waals surface area contributed by atoms with Crippen LogP contribution in [0.4, 0.5) is 0 Å². The van der Waals surface area contributed by atoms with Crippen LogP contribution in [-0.2, 0) is 0 Å². The van der Waals surface area contributed by atoms with Crippen LogP contribution in [0.5, 0.6) is 0 Å². The average Bonchev–Trinajstić information content (AvgIpc) is 1.20. The molecule has 1 rings (SSSR count). The van der Waals surface area contributed by atoms with Gasteiger partial charge in [-0.2, -0.15) is 0 Å². The van der Waals surface area contributed by atoms with Crippen LogP contribution in [0.3, 0.4) is 0 Å². The maximum atomic E-state index is 2.35. The summed E-state index contributed by atoms with van der Waals surface area (Å²) in [5.41, 5.74) is 1.31. The van der Waals surface area contributed by atoms with Gasteiger partial charge in [0.15, 0.2) is 0 Å². The number of rotatable bonds is 0. The molecular formula is C8H16. The molecule has 1 aliphatic rings. The van der Waals surface area contributed by atoms with E-state index in [2.05, 4.69) is 27.7 Å². The molecule has 1 saturated carbocycles. The molecule has 0 spiro atoms. The summed E-state index contributed by atoms with van der Waals surface area (Å²) in [5.74, 6) is 0. The van der Waals surface area contributed by atoms with Crippen LogP contribution in [0.1, 0.15) is 40.5 Å². The molecule has 0 nitrogen and oxygen atoms in total. The predicted molar refractivity (Wildman–Crippen MR) is 36.8 cm³/mol. The summed E-state index contributed by atoms with van der Waals surface area (Å²) in [6.07, 6.45) is 2.81. The van der Waals surface area contributed by atoms with Gasteiger partial charge in [0.25, 0.3) is 0 Å². The van der Waals surface area contributed by atoms with Gasteiger partial charge in [0.1, 0.15) is 0 Å². The minimum atomic E-state index is 0.656. The molecule has 0 unspecified atom stereocenters. The summed E-state index contributed by atoms with van der Waals surface area (Å²) in [4.78, 5) is 0. The predicted octanol–water partition coefficient (Wildman–Crippen LogP) is 2.83. The van der Waals surface area contributed by atoms with E-state index < -0.39 is 0 Å². The third kappa shape index (κ3) is 1.04. The Balaban J connectivity index is 2.42. The van der Waals surface area contributed by atoms with Crippen LogP contribution in [0.2, 0.25) is 0 Å². The fourth-order valence-electron chi connectivity index (χ4n) is 2.54. The van der Waals surface area contributed by atoms with Crippen molar-refractivity contribution >= 4 is 0 Å².